The number of amides is 1. The molecule has 2 heterocycles. The fourth-order valence-corrected chi connectivity index (χ4v) is 2.81. The zero-order chi connectivity index (χ0) is 19.3. The monoisotopic (exact) mass is 434 g/mol. The number of hydrogen-bond donors (Lipinski definition) is 1. The Kier molecular flexibility index (Phi) is 5.16. The van der Waals surface area contributed by atoms with Crippen LogP contribution in [0.2, 0.25) is 0 Å². The first kappa shape index (κ1) is 17.9. The average molecular weight is 435 g/mol. The molecule has 0 aliphatic carbocycles. The Labute approximate surface area is 170 Å². The SMILES string of the molecule is O=C(Nc1ccc(Oc2cc(-n3cccc3)ncn2)cc1)c1ccc(Br)cc1. The van der Waals surface area contributed by atoms with Crippen LogP contribution in [0.4, 0.5) is 5.69 Å². The highest BCUT2D eigenvalue weighted by Gasteiger charge is 2.07. The molecule has 0 saturated carbocycles. The van der Waals surface area contributed by atoms with Crippen LogP contribution in [0.25, 0.3) is 5.82 Å². The van der Waals surface area contributed by atoms with Crippen LogP contribution in [0, 0.1) is 0 Å². The molecule has 138 valence electrons. The fourth-order valence-electron chi connectivity index (χ4n) is 2.55. The summed E-state index contributed by atoms with van der Waals surface area (Å²) in [5.41, 5.74) is 1.26. The molecular formula is C21H15BrN4O2. The summed E-state index contributed by atoms with van der Waals surface area (Å²) in [6, 6.07) is 19.9. The molecule has 0 bridgehead atoms. The first-order valence-electron chi connectivity index (χ1n) is 8.48. The van der Waals surface area contributed by atoms with Gasteiger partial charge < -0.3 is 14.6 Å². The molecule has 0 spiro atoms. The van der Waals surface area contributed by atoms with Crippen molar-refractivity contribution in [1.82, 2.24) is 14.5 Å². The van der Waals surface area contributed by atoms with Crippen LogP contribution in [0.1, 0.15) is 10.4 Å². The van der Waals surface area contributed by atoms with Crippen molar-refractivity contribution in [3.8, 4) is 17.4 Å². The standard InChI is InChI=1S/C21H15BrN4O2/c22-16-5-3-15(4-6-16)21(27)25-17-7-9-18(10-8-17)28-20-13-19(23-14-24-20)26-11-1-2-12-26/h1-14H,(H,25,27). The molecule has 0 fully saturated rings. The smallest absolute Gasteiger partial charge is 0.255 e. The van der Waals surface area contributed by atoms with Gasteiger partial charge in [0.2, 0.25) is 5.88 Å². The summed E-state index contributed by atoms with van der Waals surface area (Å²) >= 11 is 3.36. The quantitative estimate of drug-likeness (QED) is 0.475. The average Bonchev–Trinajstić information content (AvgIpc) is 3.25. The number of rotatable bonds is 5. The second-order valence-electron chi connectivity index (χ2n) is 5.89. The predicted octanol–water partition coefficient (Wildman–Crippen LogP) is 5.07. The molecule has 0 saturated heterocycles. The van der Waals surface area contributed by atoms with Gasteiger partial charge in [-0.15, -0.1) is 0 Å². The van der Waals surface area contributed by atoms with Crippen molar-refractivity contribution >= 4 is 27.5 Å². The van der Waals surface area contributed by atoms with E-state index in [1.165, 1.54) is 6.33 Å². The van der Waals surface area contributed by atoms with E-state index >= 15 is 0 Å². The van der Waals surface area contributed by atoms with Crippen molar-refractivity contribution in [2.24, 2.45) is 0 Å². The minimum absolute atomic E-state index is 0.173. The summed E-state index contributed by atoms with van der Waals surface area (Å²) in [5, 5.41) is 2.86. The molecule has 0 radical (unpaired) electrons. The number of aromatic nitrogens is 3. The van der Waals surface area contributed by atoms with Gasteiger partial charge in [-0.25, -0.2) is 9.97 Å². The summed E-state index contributed by atoms with van der Waals surface area (Å²) in [4.78, 5) is 20.6. The fraction of sp³-hybridized carbons (Fsp3) is 0. The van der Waals surface area contributed by atoms with Crippen LogP contribution < -0.4 is 10.1 Å². The molecule has 0 aliphatic rings. The van der Waals surface area contributed by atoms with Gasteiger partial charge in [0.1, 0.15) is 17.9 Å². The Balaban J connectivity index is 1.43. The van der Waals surface area contributed by atoms with Crippen LogP contribution in [0.3, 0.4) is 0 Å². The van der Waals surface area contributed by atoms with Gasteiger partial charge in [0.05, 0.1) is 0 Å². The van der Waals surface area contributed by atoms with Crippen molar-refractivity contribution in [3.63, 3.8) is 0 Å². The number of benzene rings is 2. The highest BCUT2D eigenvalue weighted by atomic mass is 79.9. The third-order valence-corrected chi connectivity index (χ3v) is 4.47. The highest BCUT2D eigenvalue weighted by molar-refractivity contribution is 9.10. The van der Waals surface area contributed by atoms with Crippen LogP contribution in [0.15, 0.2) is 89.9 Å². The molecule has 4 rings (SSSR count). The minimum atomic E-state index is -0.173. The summed E-state index contributed by atoms with van der Waals surface area (Å²) in [6.45, 7) is 0. The first-order valence-corrected chi connectivity index (χ1v) is 9.27. The Hall–Kier alpha value is -3.45. The zero-order valence-corrected chi connectivity index (χ0v) is 16.2. The lowest BCUT2D eigenvalue weighted by Crippen LogP contribution is -2.11. The molecule has 6 nitrogen and oxygen atoms in total. The molecule has 4 aromatic rings. The number of halogens is 1. The van der Waals surface area contributed by atoms with Gasteiger partial charge in [-0.3, -0.25) is 4.79 Å². The Morgan fingerprint density at radius 1 is 0.964 bits per heavy atom. The lowest BCUT2D eigenvalue weighted by molar-refractivity contribution is 0.102. The second kappa shape index (κ2) is 8.06. The molecule has 1 N–H and O–H groups in total. The van der Waals surface area contributed by atoms with E-state index in [1.807, 2.05) is 41.2 Å². The van der Waals surface area contributed by atoms with E-state index < -0.39 is 0 Å². The Morgan fingerprint density at radius 3 is 2.39 bits per heavy atom. The molecular weight excluding hydrogens is 420 g/mol. The first-order chi connectivity index (χ1) is 13.7. The number of hydrogen-bond acceptors (Lipinski definition) is 4. The van der Waals surface area contributed by atoms with Crippen molar-refractivity contribution in [1.29, 1.82) is 0 Å². The second-order valence-corrected chi connectivity index (χ2v) is 6.81. The molecule has 28 heavy (non-hydrogen) atoms. The summed E-state index contributed by atoms with van der Waals surface area (Å²) in [7, 11) is 0. The lowest BCUT2D eigenvalue weighted by Gasteiger charge is -2.09. The number of ether oxygens (including phenoxy) is 1. The van der Waals surface area contributed by atoms with Gasteiger partial charge in [0.25, 0.3) is 5.91 Å². The zero-order valence-electron chi connectivity index (χ0n) is 14.6. The van der Waals surface area contributed by atoms with Gasteiger partial charge in [0, 0.05) is 34.2 Å². The summed E-state index contributed by atoms with van der Waals surface area (Å²) < 4.78 is 8.59. The maximum absolute atomic E-state index is 12.3. The highest BCUT2D eigenvalue weighted by Crippen LogP contribution is 2.23. The van der Waals surface area contributed by atoms with Crippen LogP contribution in [-0.4, -0.2) is 20.4 Å². The molecule has 2 aromatic heterocycles. The number of carbonyl (C=O) groups is 1. The van der Waals surface area contributed by atoms with Gasteiger partial charge >= 0.3 is 0 Å². The molecule has 1 amide bonds. The molecule has 0 unspecified atom stereocenters. The molecule has 7 heteroatoms. The number of carbonyl (C=O) groups excluding carboxylic acids is 1. The van der Waals surface area contributed by atoms with Crippen molar-refractivity contribution in [2.75, 3.05) is 5.32 Å². The number of nitrogens with one attached hydrogen (secondary N) is 1. The number of anilines is 1. The van der Waals surface area contributed by atoms with Crippen LogP contribution >= 0.6 is 15.9 Å². The largest absolute Gasteiger partial charge is 0.439 e. The topological polar surface area (TPSA) is 69.0 Å². The lowest BCUT2D eigenvalue weighted by atomic mass is 10.2. The van der Waals surface area contributed by atoms with E-state index in [-0.39, 0.29) is 5.91 Å². The maximum atomic E-state index is 12.3. The van der Waals surface area contributed by atoms with Crippen molar-refractivity contribution < 1.29 is 9.53 Å². The minimum Gasteiger partial charge on any atom is -0.439 e. The van der Waals surface area contributed by atoms with E-state index in [4.69, 9.17) is 4.74 Å². The van der Waals surface area contributed by atoms with E-state index in [0.717, 1.165) is 4.47 Å². The van der Waals surface area contributed by atoms with E-state index in [1.54, 1.807) is 42.5 Å². The van der Waals surface area contributed by atoms with Gasteiger partial charge in [0.15, 0.2) is 0 Å². The van der Waals surface area contributed by atoms with E-state index in [0.29, 0.717) is 28.7 Å². The van der Waals surface area contributed by atoms with E-state index in [9.17, 15) is 4.79 Å². The Bertz CT molecular complexity index is 1080. The predicted molar refractivity (Wildman–Crippen MR) is 110 cm³/mol. The van der Waals surface area contributed by atoms with Gasteiger partial charge in [-0.2, -0.15) is 0 Å². The van der Waals surface area contributed by atoms with Crippen LogP contribution in [0.5, 0.6) is 11.6 Å². The third-order valence-electron chi connectivity index (χ3n) is 3.94. The summed E-state index contributed by atoms with van der Waals surface area (Å²) in [6.07, 6.45) is 5.25. The van der Waals surface area contributed by atoms with E-state index in [2.05, 4.69) is 31.2 Å². The van der Waals surface area contributed by atoms with Gasteiger partial charge in [-0.05, 0) is 60.7 Å². The molecule has 0 aliphatic heterocycles. The maximum Gasteiger partial charge on any atom is 0.255 e. The molecule has 2 aromatic carbocycles. The van der Waals surface area contributed by atoms with Gasteiger partial charge in [-0.1, -0.05) is 15.9 Å². The van der Waals surface area contributed by atoms with Crippen LogP contribution in [-0.2, 0) is 0 Å². The molecule has 0 atom stereocenters. The summed E-state index contributed by atoms with van der Waals surface area (Å²) in [5.74, 6) is 1.59. The normalized spacial score (nSPS) is 10.5. The number of nitrogens with zero attached hydrogens (tertiary/aromatic N) is 3. The van der Waals surface area contributed by atoms with Crippen molar-refractivity contribution in [2.45, 2.75) is 0 Å². The third kappa shape index (κ3) is 4.27. The Morgan fingerprint density at radius 2 is 1.68 bits per heavy atom. The van der Waals surface area contributed by atoms with Crippen molar-refractivity contribution in [3.05, 3.63) is 95.5 Å².